The van der Waals surface area contributed by atoms with Crippen molar-refractivity contribution in [2.75, 3.05) is 13.1 Å². The quantitative estimate of drug-likeness (QED) is 0.879. The highest BCUT2D eigenvalue weighted by Gasteiger charge is 2.30. The molecule has 1 aliphatic heterocycles. The third kappa shape index (κ3) is 4.35. The molecule has 1 aromatic heterocycles. The van der Waals surface area contributed by atoms with Crippen LogP contribution in [0.5, 0.6) is 0 Å². The summed E-state index contributed by atoms with van der Waals surface area (Å²) in [7, 11) is 1.87. The Morgan fingerprint density at radius 1 is 1.25 bits per heavy atom. The largest absolute Gasteiger partial charge is 0.334 e. The zero-order valence-corrected chi connectivity index (χ0v) is 14.3. The Kier molecular flexibility index (Phi) is 5.15. The van der Waals surface area contributed by atoms with Crippen LogP contribution in [0.2, 0.25) is 0 Å². The van der Waals surface area contributed by atoms with Gasteiger partial charge < -0.3 is 10.6 Å². The highest BCUT2D eigenvalue weighted by Crippen LogP contribution is 2.18. The van der Waals surface area contributed by atoms with Crippen molar-refractivity contribution in [1.29, 1.82) is 0 Å². The number of aryl methyl sites for hydroxylation is 1. The molecule has 0 spiro atoms. The first-order chi connectivity index (χ1) is 11.6. The molecule has 6 heteroatoms. The molecule has 6 nitrogen and oxygen atoms in total. The van der Waals surface area contributed by atoms with Gasteiger partial charge in [0.1, 0.15) is 0 Å². The molecule has 2 N–H and O–H groups in total. The first-order valence-corrected chi connectivity index (χ1v) is 8.38. The van der Waals surface area contributed by atoms with Crippen molar-refractivity contribution < 1.29 is 4.79 Å². The van der Waals surface area contributed by atoms with Gasteiger partial charge in [0.25, 0.3) is 0 Å². The van der Waals surface area contributed by atoms with E-state index < -0.39 is 0 Å². The van der Waals surface area contributed by atoms with Crippen LogP contribution in [0.4, 0.5) is 4.79 Å². The number of urea groups is 1. The van der Waals surface area contributed by atoms with Crippen molar-refractivity contribution in [3.8, 4) is 0 Å². The van der Waals surface area contributed by atoms with Crippen LogP contribution in [0.15, 0.2) is 42.7 Å². The number of nitrogens with one attached hydrogen (secondary N) is 2. The molecule has 0 bridgehead atoms. The number of aromatic nitrogens is 2. The summed E-state index contributed by atoms with van der Waals surface area (Å²) in [5, 5.41) is 10.1. The highest BCUT2D eigenvalue weighted by atomic mass is 16.2. The highest BCUT2D eigenvalue weighted by molar-refractivity contribution is 5.74. The monoisotopic (exact) mass is 327 g/mol. The Bertz CT molecular complexity index is 669. The fraction of sp³-hybridized carbons (Fsp3) is 0.444. The van der Waals surface area contributed by atoms with E-state index in [1.54, 1.807) is 10.9 Å². The average molecular weight is 327 g/mol. The second-order valence-electron chi connectivity index (χ2n) is 6.61. The summed E-state index contributed by atoms with van der Waals surface area (Å²) >= 11 is 0. The minimum atomic E-state index is -0.114. The van der Waals surface area contributed by atoms with E-state index in [4.69, 9.17) is 0 Å². The second-order valence-corrected chi connectivity index (χ2v) is 6.61. The van der Waals surface area contributed by atoms with E-state index in [0.29, 0.717) is 12.5 Å². The van der Waals surface area contributed by atoms with Crippen LogP contribution in [-0.4, -0.2) is 39.8 Å². The maximum absolute atomic E-state index is 12.1. The lowest BCUT2D eigenvalue weighted by molar-refractivity contribution is 0.234. The molecule has 2 atom stereocenters. The van der Waals surface area contributed by atoms with Gasteiger partial charge in [-0.15, -0.1) is 0 Å². The molecule has 128 valence electrons. The molecule has 1 fully saturated rings. The van der Waals surface area contributed by atoms with Gasteiger partial charge in [-0.2, -0.15) is 5.10 Å². The van der Waals surface area contributed by atoms with E-state index in [0.717, 1.165) is 25.2 Å². The molecular formula is C18H25N5O. The molecule has 2 aromatic rings. The Morgan fingerprint density at radius 2 is 2.04 bits per heavy atom. The third-order valence-corrected chi connectivity index (χ3v) is 4.46. The molecule has 1 aliphatic rings. The number of hydrogen-bond donors (Lipinski definition) is 2. The predicted molar refractivity (Wildman–Crippen MR) is 93.3 cm³/mol. The van der Waals surface area contributed by atoms with Crippen LogP contribution in [0, 0.1) is 5.92 Å². The Labute approximate surface area is 142 Å². The lowest BCUT2D eigenvalue weighted by Crippen LogP contribution is -2.45. The topological polar surface area (TPSA) is 62.2 Å². The number of nitrogens with zero attached hydrogens (tertiary/aromatic N) is 3. The fourth-order valence-electron chi connectivity index (χ4n) is 3.19. The van der Waals surface area contributed by atoms with Gasteiger partial charge in [0.15, 0.2) is 0 Å². The summed E-state index contributed by atoms with van der Waals surface area (Å²) in [5.74, 6) is 0.442. The standard InChI is InChI=1S/C18H25N5O/c1-14-10-23(12-15-6-4-3-5-7-15)13-17(14)21-18(24)19-8-16-9-20-22(2)11-16/h3-7,9,11,14,17H,8,10,12-13H2,1-2H3,(H2,19,21,24)/t14-,17-/m0/s1. The van der Waals surface area contributed by atoms with Crippen molar-refractivity contribution in [3.05, 3.63) is 53.9 Å². The minimum Gasteiger partial charge on any atom is -0.334 e. The fourth-order valence-corrected chi connectivity index (χ4v) is 3.19. The van der Waals surface area contributed by atoms with E-state index in [9.17, 15) is 4.79 Å². The summed E-state index contributed by atoms with van der Waals surface area (Å²) in [4.78, 5) is 14.5. The molecule has 24 heavy (non-hydrogen) atoms. The first-order valence-electron chi connectivity index (χ1n) is 8.38. The maximum Gasteiger partial charge on any atom is 0.315 e. The minimum absolute atomic E-state index is 0.114. The molecule has 3 rings (SSSR count). The van der Waals surface area contributed by atoms with E-state index in [-0.39, 0.29) is 12.1 Å². The first kappa shape index (κ1) is 16.5. The molecule has 2 heterocycles. The van der Waals surface area contributed by atoms with Crippen molar-refractivity contribution in [1.82, 2.24) is 25.3 Å². The summed E-state index contributed by atoms with van der Waals surface area (Å²) in [5.41, 5.74) is 2.31. The van der Waals surface area contributed by atoms with Crippen LogP contribution >= 0.6 is 0 Å². The van der Waals surface area contributed by atoms with E-state index in [2.05, 4.69) is 51.8 Å². The van der Waals surface area contributed by atoms with Gasteiger partial charge in [0, 0.05) is 51.0 Å². The van der Waals surface area contributed by atoms with Gasteiger partial charge in [-0.25, -0.2) is 4.79 Å². The second kappa shape index (κ2) is 7.49. The van der Waals surface area contributed by atoms with Crippen molar-refractivity contribution in [2.45, 2.75) is 26.1 Å². The van der Waals surface area contributed by atoms with Crippen LogP contribution < -0.4 is 10.6 Å². The number of amides is 2. The summed E-state index contributed by atoms with van der Waals surface area (Å²) in [6.07, 6.45) is 3.67. The lowest BCUT2D eigenvalue weighted by Gasteiger charge is -2.17. The molecule has 1 saturated heterocycles. The van der Waals surface area contributed by atoms with E-state index in [1.165, 1.54) is 5.56 Å². The maximum atomic E-state index is 12.1. The number of rotatable bonds is 5. The summed E-state index contributed by atoms with van der Waals surface area (Å²) < 4.78 is 1.73. The summed E-state index contributed by atoms with van der Waals surface area (Å²) in [6.45, 7) is 5.51. The number of benzene rings is 1. The Hall–Kier alpha value is -2.34. The smallest absolute Gasteiger partial charge is 0.315 e. The zero-order valence-electron chi connectivity index (χ0n) is 14.3. The molecule has 1 aromatic carbocycles. The van der Waals surface area contributed by atoms with E-state index >= 15 is 0 Å². The van der Waals surface area contributed by atoms with Gasteiger partial charge in [-0.05, 0) is 11.5 Å². The van der Waals surface area contributed by atoms with Crippen LogP contribution in [-0.2, 0) is 20.1 Å². The average Bonchev–Trinajstić information content (AvgIpc) is 3.12. The van der Waals surface area contributed by atoms with Gasteiger partial charge in [-0.1, -0.05) is 37.3 Å². The Morgan fingerprint density at radius 3 is 2.75 bits per heavy atom. The van der Waals surface area contributed by atoms with Crippen LogP contribution in [0.3, 0.4) is 0 Å². The molecule has 2 amide bonds. The molecular weight excluding hydrogens is 302 g/mol. The molecule has 0 saturated carbocycles. The van der Waals surface area contributed by atoms with Gasteiger partial charge in [0.2, 0.25) is 0 Å². The van der Waals surface area contributed by atoms with Crippen LogP contribution in [0.1, 0.15) is 18.1 Å². The molecule has 0 radical (unpaired) electrons. The van der Waals surface area contributed by atoms with E-state index in [1.807, 2.05) is 19.3 Å². The molecule has 0 aliphatic carbocycles. The van der Waals surface area contributed by atoms with Gasteiger partial charge in [-0.3, -0.25) is 9.58 Å². The molecule has 0 unspecified atom stereocenters. The number of likely N-dealkylation sites (tertiary alicyclic amines) is 1. The number of hydrogen-bond acceptors (Lipinski definition) is 3. The number of carbonyl (C=O) groups excluding carboxylic acids is 1. The Balaban J connectivity index is 1.45. The normalized spacial score (nSPS) is 20.9. The third-order valence-electron chi connectivity index (χ3n) is 4.46. The lowest BCUT2D eigenvalue weighted by atomic mass is 10.1. The summed E-state index contributed by atoms with van der Waals surface area (Å²) in [6, 6.07) is 10.5. The van der Waals surface area contributed by atoms with Crippen LogP contribution in [0.25, 0.3) is 0 Å². The van der Waals surface area contributed by atoms with Gasteiger partial charge >= 0.3 is 6.03 Å². The van der Waals surface area contributed by atoms with Crippen molar-refractivity contribution >= 4 is 6.03 Å². The van der Waals surface area contributed by atoms with Crippen molar-refractivity contribution in [3.63, 3.8) is 0 Å². The zero-order chi connectivity index (χ0) is 16.9. The SMILES string of the molecule is C[C@H]1CN(Cc2ccccc2)C[C@@H]1NC(=O)NCc1cnn(C)c1. The van der Waals surface area contributed by atoms with Crippen molar-refractivity contribution in [2.24, 2.45) is 13.0 Å². The predicted octanol–water partition coefficient (Wildman–Crippen LogP) is 1.74. The number of carbonyl (C=O) groups is 1. The van der Waals surface area contributed by atoms with Gasteiger partial charge in [0.05, 0.1) is 6.20 Å².